The van der Waals surface area contributed by atoms with Crippen LogP contribution < -0.4 is 14.2 Å². The van der Waals surface area contributed by atoms with Crippen LogP contribution in [0.2, 0.25) is 0 Å². The molecule has 0 radical (unpaired) electrons. The summed E-state index contributed by atoms with van der Waals surface area (Å²) in [7, 11) is 0. The second-order valence-electron chi connectivity index (χ2n) is 9.35. The number of hydrogen-bond donors (Lipinski definition) is 3. The highest BCUT2D eigenvalue weighted by Crippen LogP contribution is 2.54. The van der Waals surface area contributed by atoms with Crippen LogP contribution in [0, 0.1) is 0 Å². The molecule has 6 heteroatoms. The SMILES string of the molecule is Oc1ccc(C=Cc2c(OCc3ccccc3)c(O)c(OCc3ccccc3)c(O)c2OCc2ccccc2)cc1. The summed E-state index contributed by atoms with van der Waals surface area (Å²) in [5.41, 5.74) is 3.78. The van der Waals surface area contributed by atoms with Gasteiger partial charge in [-0.3, -0.25) is 0 Å². The first kappa shape index (κ1) is 27.2. The van der Waals surface area contributed by atoms with E-state index in [1.54, 1.807) is 36.4 Å². The number of phenols is 3. The molecule has 0 aliphatic rings. The average molecular weight is 547 g/mol. The van der Waals surface area contributed by atoms with Crippen LogP contribution in [-0.2, 0) is 19.8 Å². The minimum absolute atomic E-state index is 0.104. The van der Waals surface area contributed by atoms with Crippen molar-refractivity contribution < 1.29 is 29.5 Å². The topological polar surface area (TPSA) is 88.4 Å². The summed E-state index contributed by atoms with van der Waals surface area (Å²) in [6.07, 6.45) is 3.48. The van der Waals surface area contributed by atoms with Crippen LogP contribution in [0.15, 0.2) is 115 Å². The summed E-state index contributed by atoms with van der Waals surface area (Å²) in [5.74, 6) is -0.461. The zero-order chi connectivity index (χ0) is 28.4. The minimum Gasteiger partial charge on any atom is -0.508 e. The molecule has 0 heterocycles. The molecule has 3 N–H and O–H groups in total. The van der Waals surface area contributed by atoms with Crippen LogP contribution in [0.25, 0.3) is 12.2 Å². The van der Waals surface area contributed by atoms with Gasteiger partial charge < -0.3 is 29.5 Å². The van der Waals surface area contributed by atoms with Gasteiger partial charge in [0.25, 0.3) is 0 Å². The second-order valence-corrected chi connectivity index (χ2v) is 9.35. The van der Waals surface area contributed by atoms with Gasteiger partial charge >= 0.3 is 0 Å². The lowest BCUT2D eigenvalue weighted by Crippen LogP contribution is -2.04. The Balaban J connectivity index is 1.59. The Morgan fingerprint density at radius 2 is 0.829 bits per heavy atom. The maximum absolute atomic E-state index is 11.4. The van der Waals surface area contributed by atoms with Gasteiger partial charge in [0.2, 0.25) is 17.2 Å². The summed E-state index contributed by atoms with van der Waals surface area (Å²) in [5, 5.41) is 32.5. The Bertz CT molecular complexity index is 1510. The first-order valence-electron chi connectivity index (χ1n) is 13.2. The number of benzene rings is 5. The lowest BCUT2D eigenvalue weighted by molar-refractivity contribution is 0.236. The zero-order valence-corrected chi connectivity index (χ0v) is 22.3. The zero-order valence-electron chi connectivity index (χ0n) is 22.3. The molecule has 41 heavy (non-hydrogen) atoms. The Kier molecular flexibility index (Phi) is 8.72. The number of aromatic hydroxyl groups is 3. The fourth-order valence-electron chi connectivity index (χ4n) is 4.21. The average Bonchev–Trinajstić information content (AvgIpc) is 3.01. The molecule has 0 saturated heterocycles. The predicted molar refractivity (Wildman–Crippen MR) is 159 cm³/mol. The van der Waals surface area contributed by atoms with Crippen molar-refractivity contribution in [2.45, 2.75) is 19.8 Å². The van der Waals surface area contributed by atoms with E-state index in [2.05, 4.69) is 0 Å². The van der Waals surface area contributed by atoms with Crippen molar-refractivity contribution in [2.75, 3.05) is 0 Å². The maximum Gasteiger partial charge on any atom is 0.211 e. The number of hydrogen-bond acceptors (Lipinski definition) is 6. The third-order valence-corrected chi connectivity index (χ3v) is 6.36. The standard InChI is InChI=1S/C35H30O6/c36-29-19-16-25(17-20-29)18-21-30-33(39-22-26-10-4-1-5-11-26)31(37)35(41-24-28-14-8-3-9-15-28)32(38)34(30)40-23-27-12-6-2-7-13-27/h1-21,36-38H,22-24H2. The van der Waals surface area contributed by atoms with Crippen molar-refractivity contribution >= 4 is 12.2 Å². The maximum atomic E-state index is 11.4. The summed E-state index contributed by atoms with van der Waals surface area (Å²) in [6, 6.07) is 35.2. The van der Waals surface area contributed by atoms with E-state index in [-0.39, 0.29) is 54.3 Å². The van der Waals surface area contributed by atoms with Gasteiger partial charge in [-0.05, 0) is 40.5 Å². The molecule has 0 fully saturated rings. The third-order valence-electron chi connectivity index (χ3n) is 6.36. The van der Waals surface area contributed by atoms with E-state index < -0.39 is 0 Å². The largest absolute Gasteiger partial charge is 0.508 e. The smallest absolute Gasteiger partial charge is 0.211 e. The van der Waals surface area contributed by atoms with Crippen LogP contribution >= 0.6 is 0 Å². The Morgan fingerprint density at radius 3 is 1.24 bits per heavy atom. The van der Waals surface area contributed by atoms with Gasteiger partial charge in [-0.15, -0.1) is 0 Å². The predicted octanol–water partition coefficient (Wildman–Crippen LogP) is 7.71. The fourth-order valence-corrected chi connectivity index (χ4v) is 4.21. The molecule has 0 aliphatic heterocycles. The lowest BCUT2D eigenvalue weighted by atomic mass is 10.1. The molecule has 5 rings (SSSR count). The van der Waals surface area contributed by atoms with Gasteiger partial charge in [0.05, 0.1) is 5.56 Å². The molecule has 0 aliphatic carbocycles. The quantitative estimate of drug-likeness (QED) is 0.147. The monoisotopic (exact) mass is 546 g/mol. The van der Waals surface area contributed by atoms with Crippen LogP contribution in [0.1, 0.15) is 27.8 Å². The van der Waals surface area contributed by atoms with E-state index >= 15 is 0 Å². The molecule has 0 amide bonds. The first-order valence-corrected chi connectivity index (χ1v) is 13.2. The van der Waals surface area contributed by atoms with Crippen molar-refractivity contribution in [3.05, 3.63) is 143 Å². The number of rotatable bonds is 11. The third kappa shape index (κ3) is 6.99. The summed E-state index contributed by atoms with van der Waals surface area (Å²) >= 11 is 0. The molecule has 0 atom stereocenters. The molecule has 0 saturated carbocycles. The normalized spacial score (nSPS) is 10.9. The van der Waals surface area contributed by atoms with Crippen molar-refractivity contribution in [1.29, 1.82) is 0 Å². The molecular formula is C35H30O6. The van der Waals surface area contributed by atoms with Crippen LogP contribution in [0.4, 0.5) is 0 Å². The van der Waals surface area contributed by atoms with E-state index in [1.165, 1.54) is 0 Å². The summed E-state index contributed by atoms with van der Waals surface area (Å²) in [6.45, 7) is 0.436. The highest BCUT2D eigenvalue weighted by molar-refractivity contribution is 5.83. The van der Waals surface area contributed by atoms with Crippen LogP contribution in [0.3, 0.4) is 0 Å². The van der Waals surface area contributed by atoms with E-state index in [0.29, 0.717) is 5.56 Å². The molecular weight excluding hydrogens is 516 g/mol. The molecule has 0 unspecified atom stereocenters. The Labute approximate surface area is 239 Å². The van der Waals surface area contributed by atoms with Crippen LogP contribution in [0.5, 0.6) is 34.5 Å². The highest BCUT2D eigenvalue weighted by Gasteiger charge is 2.27. The van der Waals surface area contributed by atoms with Crippen molar-refractivity contribution in [3.63, 3.8) is 0 Å². The van der Waals surface area contributed by atoms with E-state index in [9.17, 15) is 15.3 Å². The highest BCUT2D eigenvalue weighted by atomic mass is 16.5. The summed E-state index contributed by atoms with van der Waals surface area (Å²) < 4.78 is 18.3. The van der Waals surface area contributed by atoms with E-state index in [0.717, 1.165) is 22.3 Å². The molecule has 0 bridgehead atoms. The van der Waals surface area contributed by atoms with Crippen molar-refractivity contribution in [1.82, 2.24) is 0 Å². The van der Waals surface area contributed by atoms with Gasteiger partial charge in [-0.1, -0.05) is 109 Å². The Hall–Kier alpha value is -5.36. The van der Waals surface area contributed by atoms with Crippen molar-refractivity contribution in [3.8, 4) is 34.5 Å². The number of ether oxygens (including phenoxy) is 3. The van der Waals surface area contributed by atoms with E-state index in [1.807, 2.05) is 91.0 Å². The van der Waals surface area contributed by atoms with Crippen molar-refractivity contribution in [2.24, 2.45) is 0 Å². The fraction of sp³-hybridized carbons (Fsp3) is 0.0857. The van der Waals surface area contributed by atoms with Gasteiger partial charge in [-0.25, -0.2) is 0 Å². The minimum atomic E-state index is -0.341. The second kappa shape index (κ2) is 13.1. The molecule has 6 nitrogen and oxygen atoms in total. The molecule has 5 aromatic carbocycles. The van der Waals surface area contributed by atoms with Gasteiger partial charge in [0.1, 0.15) is 25.6 Å². The Morgan fingerprint density at radius 1 is 0.439 bits per heavy atom. The number of phenolic OH excluding ortho intramolecular Hbond substituents is 3. The van der Waals surface area contributed by atoms with E-state index in [4.69, 9.17) is 14.2 Å². The van der Waals surface area contributed by atoms with Crippen LogP contribution in [-0.4, -0.2) is 15.3 Å². The van der Waals surface area contributed by atoms with Gasteiger partial charge in [-0.2, -0.15) is 0 Å². The molecule has 0 spiro atoms. The molecule has 5 aromatic rings. The van der Waals surface area contributed by atoms with Gasteiger partial charge in [0, 0.05) is 0 Å². The first-order chi connectivity index (χ1) is 20.1. The van der Waals surface area contributed by atoms with Gasteiger partial charge in [0.15, 0.2) is 11.5 Å². The lowest BCUT2D eigenvalue weighted by Gasteiger charge is -2.21. The molecule has 206 valence electrons. The summed E-state index contributed by atoms with van der Waals surface area (Å²) in [4.78, 5) is 0. The molecule has 0 aromatic heterocycles.